The Morgan fingerprint density at radius 3 is 2.64 bits per heavy atom. The number of nitrogens with zero attached hydrogens (tertiary/aromatic N) is 2. The number of amides is 2. The lowest BCUT2D eigenvalue weighted by molar-refractivity contribution is -0.174. The van der Waals surface area contributed by atoms with Gasteiger partial charge in [-0.25, -0.2) is 4.39 Å². The fraction of sp³-hybridized carbons (Fsp3) is 0.389. The molecule has 10 heteroatoms. The standard InChI is InChI=1S/C18H17F4N3O3/c19-13-4-1-11(2-5-13)16-12(9-23-28-16)3-6-15(26)25-8-7-14(10-25)24-17(27)18(20,21)22/h1-2,4-5,9,14H,3,6-8,10H2,(H,24,27)/t14-/m0/s1. The topological polar surface area (TPSA) is 75.4 Å². The van der Waals surface area contributed by atoms with Gasteiger partial charge < -0.3 is 14.7 Å². The van der Waals surface area contributed by atoms with E-state index >= 15 is 0 Å². The second kappa shape index (κ2) is 7.99. The second-order valence-corrected chi connectivity index (χ2v) is 6.48. The van der Waals surface area contributed by atoms with Gasteiger partial charge in [-0.3, -0.25) is 9.59 Å². The van der Waals surface area contributed by atoms with Gasteiger partial charge in [-0.2, -0.15) is 13.2 Å². The van der Waals surface area contributed by atoms with Crippen LogP contribution in [0, 0.1) is 5.82 Å². The Morgan fingerprint density at radius 1 is 1.25 bits per heavy atom. The summed E-state index contributed by atoms with van der Waals surface area (Å²) in [4.78, 5) is 24.8. The Morgan fingerprint density at radius 2 is 1.96 bits per heavy atom. The van der Waals surface area contributed by atoms with E-state index in [1.807, 2.05) is 5.32 Å². The molecule has 2 amide bonds. The first-order valence-corrected chi connectivity index (χ1v) is 8.59. The number of rotatable bonds is 5. The van der Waals surface area contributed by atoms with Crippen LogP contribution in [0.1, 0.15) is 18.4 Å². The molecule has 150 valence electrons. The average Bonchev–Trinajstić information content (AvgIpc) is 3.29. The SMILES string of the molecule is O=C(CCc1cnoc1-c1ccc(F)cc1)N1CC[C@H](NC(=O)C(F)(F)F)C1. The third-order valence-corrected chi connectivity index (χ3v) is 4.49. The smallest absolute Gasteiger partial charge is 0.356 e. The van der Waals surface area contributed by atoms with Gasteiger partial charge in [0.05, 0.1) is 6.20 Å². The molecular formula is C18H17F4N3O3. The first-order valence-electron chi connectivity index (χ1n) is 8.59. The molecule has 1 aromatic carbocycles. The molecular weight excluding hydrogens is 382 g/mol. The number of carbonyl (C=O) groups is 2. The van der Waals surface area contributed by atoms with Crippen molar-refractivity contribution < 1.29 is 31.7 Å². The molecule has 1 N–H and O–H groups in total. The highest BCUT2D eigenvalue weighted by atomic mass is 19.4. The van der Waals surface area contributed by atoms with Crippen LogP contribution in [0.3, 0.4) is 0 Å². The van der Waals surface area contributed by atoms with Gasteiger partial charge in [-0.05, 0) is 37.1 Å². The first kappa shape index (κ1) is 19.8. The Labute approximate surface area is 157 Å². The average molecular weight is 399 g/mol. The normalized spacial score (nSPS) is 17.0. The van der Waals surface area contributed by atoms with Crippen LogP contribution < -0.4 is 5.32 Å². The van der Waals surface area contributed by atoms with Crippen molar-refractivity contribution in [3.63, 3.8) is 0 Å². The summed E-state index contributed by atoms with van der Waals surface area (Å²) in [7, 11) is 0. The number of nitrogens with one attached hydrogen (secondary N) is 1. The molecule has 1 fully saturated rings. The summed E-state index contributed by atoms with van der Waals surface area (Å²) < 4.78 is 55.2. The number of aromatic nitrogens is 1. The van der Waals surface area contributed by atoms with Crippen LogP contribution in [-0.4, -0.2) is 47.2 Å². The van der Waals surface area contributed by atoms with Crippen molar-refractivity contribution in [2.45, 2.75) is 31.5 Å². The maximum absolute atomic E-state index is 13.0. The number of likely N-dealkylation sites (tertiary alicyclic amines) is 1. The van der Waals surface area contributed by atoms with E-state index in [0.29, 0.717) is 23.3 Å². The monoisotopic (exact) mass is 399 g/mol. The van der Waals surface area contributed by atoms with Gasteiger partial charge in [-0.1, -0.05) is 5.16 Å². The first-order chi connectivity index (χ1) is 13.2. The molecule has 0 spiro atoms. The van der Waals surface area contributed by atoms with Gasteiger partial charge in [0, 0.05) is 36.7 Å². The van der Waals surface area contributed by atoms with Crippen LogP contribution in [0.4, 0.5) is 17.6 Å². The lowest BCUT2D eigenvalue weighted by Crippen LogP contribution is -2.44. The van der Waals surface area contributed by atoms with Crippen LogP contribution in [0.2, 0.25) is 0 Å². The van der Waals surface area contributed by atoms with E-state index in [-0.39, 0.29) is 37.7 Å². The molecule has 3 rings (SSSR count). The molecule has 0 aliphatic carbocycles. The molecule has 0 saturated carbocycles. The van der Waals surface area contributed by atoms with Crippen molar-refractivity contribution in [3.05, 3.63) is 41.8 Å². The molecule has 6 nitrogen and oxygen atoms in total. The fourth-order valence-electron chi connectivity index (χ4n) is 3.05. The highest BCUT2D eigenvalue weighted by Crippen LogP contribution is 2.25. The molecule has 2 heterocycles. The molecule has 0 unspecified atom stereocenters. The number of aryl methyl sites for hydroxylation is 1. The van der Waals surface area contributed by atoms with E-state index in [0.717, 1.165) is 0 Å². The number of halogens is 4. The van der Waals surface area contributed by atoms with Crippen LogP contribution >= 0.6 is 0 Å². The molecule has 28 heavy (non-hydrogen) atoms. The zero-order valence-electron chi connectivity index (χ0n) is 14.6. The van der Waals surface area contributed by atoms with Crippen molar-refractivity contribution in [2.75, 3.05) is 13.1 Å². The molecule has 0 radical (unpaired) electrons. The zero-order chi connectivity index (χ0) is 20.3. The molecule has 1 aliphatic rings. The van der Waals surface area contributed by atoms with Gasteiger partial charge in [0.25, 0.3) is 0 Å². The third kappa shape index (κ3) is 4.68. The van der Waals surface area contributed by atoms with Crippen molar-refractivity contribution in [3.8, 4) is 11.3 Å². The molecule has 1 saturated heterocycles. The summed E-state index contributed by atoms with van der Waals surface area (Å²) in [5.74, 6) is -2.19. The Balaban J connectivity index is 1.54. The van der Waals surface area contributed by atoms with Crippen LogP contribution in [0.15, 0.2) is 35.0 Å². The minimum atomic E-state index is -4.94. The van der Waals surface area contributed by atoms with Crippen molar-refractivity contribution >= 4 is 11.8 Å². The van der Waals surface area contributed by atoms with Gasteiger partial charge in [-0.15, -0.1) is 0 Å². The minimum Gasteiger partial charge on any atom is -0.356 e. The van der Waals surface area contributed by atoms with Crippen molar-refractivity contribution in [1.82, 2.24) is 15.4 Å². The summed E-state index contributed by atoms with van der Waals surface area (Å²) in [6.07, 6.45) is -2.78. The Hall–Kier alpha value is -2.91. The molecule has 0 bridgehead atoms. The summed E-state index contributed by atoms with van der Waals surface area (Å²) in [5, 5.41) is 5.61. The number of carbonyl (C=O) groups excluding carboxylic acids is 2. The predicted octanol–water partition coefficient (Wildman–Crippen LogP) is 2.69. The van der Waals surface area contributed by atoms with Gasteiger partial charge in [0.1, 0.15) is 5.82 Å². The maximum Gasteiger partial charge on any atom is 0.471 e. The van der Waals surface area contributed by atoms with E-state index in [4.69, 9.17) is 4.52 Å². The summed E-state index contributed by atoms with van der Waals surface area (Å²) >= 11 is 0. The number of alkyl halides is 3. The largest absolute Gasteiger partial charge is 0.471 e. The number of hydrogen-bond acceptors (Lipinski definition) is 4. The minimum absolute atomic E-state index is 0.0368. The zero-order valence-corrected chi connectivity index (χ0v) is 14.6. The quantitative estimate of drug-likeness (QED) is 0.785. The van der Waals surface area contributed by atoms with Gasteiger partial charge in [0.15, 0.2) is 5.76 Å². The van der Waals surface area contributed by atoms with Crippen molar-refractivity contribution in [1.29, 1.82) is 0 Å². The lowest BCUT2D eigenvalue weighted by Gasteiger charge is -2.17. The lowest BCUT2D eigenvalue weighted by atomic mass is 10.1. The predicted molar refractivity (Wildman–Crippen MR) is 89.4 cm³/mol. The highest BCUT2D eigenvalue weighted by molar-refractivity contribution is 5.82. The molecule has 1 atom stereocenters. The van der Waals surface area contributed by atoms with E-state index in [2.05, 4.69) is 5.16 Å². The number of benzene rings is 1. The summed E-state index contributed by atoms with van der Waals surface area (Å²) in [5.41, 5.74) is 1.29. The summed E-state index contributed by atoms with van der Waals surface area (Å²) in [6, 6.07) is 4.92. The Kier molecular flexibility index (Phi) is 5.66. The van der Waals surface area contributed by atoms with Crippen LogP contribution in [-0.2, 0) is 16.0 Å². The fourth-order valence-corrected chi connectivity index (χ4v) is 3.05. The van der Waals surface area contributed by atoms with E-state index in [1.54, 1.807) is 0 Å². The van der Waals surface area contributed by atoms with E-state index < -0.39 is 18.1 Å². The molecule has 2 aromatic rings. The van der Waals surface area contributed by atoms with Crippen molar-refractivity contribution in [2.24, 2.45) is 0 Å². The number of hydrogen-bond donors (Lipinski definition) is 1. The second-order valence-electron chi connectivity index (χ2n) is 6.48. The van der Waals surface area contributed by atoms with Crippen LogP contribution in [0.25, 0.3) is 11.3 Å². The third-order valence-electron chi connectivity index (χ3n) is 4.49. The van der Waals surface area contributed by atoms with Gasteiger partial charge in [0.2, 0.25) is 5.91 Å². The Bertz CT molecular complexity index is 849. The highest BCUT2D eigenvalue weighted by Gasteiger charge is 2.41. The van der Waals surface area contributed by atoms with Crippen LogP contribution in [0.5, 0.6) is 0 Å². The molecule has 1 aliphatic heterocycles. The summed E-state index contributed by atoms with van der Waals surface area (Å²) in [6.45, 7) is 0.311. The van der Waals surface area contributed by atoms with E-state index in [1.165, 1.54) is 35.4 Å². The molecule has 1 aromatic heterocycles. The van der Waals surface area contributed by atoms with E-state index in [9.17, 15) is 27.2 Å². The maximum atomic E-state index is 13.0. The van der Waals surface area contributed by atoms with Gasteiger partial charge >= 0.3 is 12.1 Å².